The van der Waals surface area contributed by atoms with Crippen LogP contribution in [0.15, 0.2) is 10.8 Å². The number of carbonyl (C=O) groups is 1. The Labute approximate surface area is 121 Å². The van der Waals surface area contributed by atoms with E-state index in [1.165, 1.54) is 6.33 Å². The summed E-state index contributed by atoms with van der Waals surface area (Å²) in [7, 11) is 3.46. The molecule has 1 aromatic heterocycles. The predicted octanol–water partition coefficient (Wildman–Crippen LogP) is 0.829. The van der Waals surface area contributed by atoms with Crippen molar-refractivity contribution in [3.8, 4) is 0 Å². The van der Waals surface area contributed by atoms with Crippen LogP contribution in [0.2, 0.25) is 0 Å². The number of nitrogens with two attached hydrogens (primary N) is 1. The second-order valence-corrected chi connectivity index (χ2v) is 5.01. The number of anilines is 2. The van der Waals surface area contributed by atoms with E-state index in [9.17, 15) is 4.79 Å². The van der Waals surface area contributed by atoms with E-state index < -0.39 is 0 Å². The highest BCUT2D eigenvalue weighted by molar-refractivity contribution is 9.10. The van der Waals surface area contributed by atoms with Crippen LogP contribution in [0.4, 0.5) is 11.6 Å². The SMILES string of the molecule is CCCN(CC(=O)N(C)C)c1ncnc(NN)c1Br. The molecule has 8 heteroatoms. The number of hydrogen-bond acceptors (Lipinski definition) is 6. The molecule has 0 spiro atoms. The van der Waals surface area contributed by atoms with Gasteiger partial charge in [-0.1, -0.05) is 6.92 Å². The van der Waals surface area contributed by atoms with Crippen LogP contribution in [0.1, 0.15) is 13.3 Å². The Morgan fingerprint density at radius 1 is 1.47 bits per heavy atom. The highest BCUT2D eigenvalue weighted by Crippen LogP contribution is 2.28. The molecule has 0 bridgehead atoms. The Balaban J connectivity index is 3.02. The number of nitrogens with one attached hydrogen (secondary N) is 1. The highest BCUT2D eigenvalue weighted by Gasteiger charge is 2.18. The normalized spacial score (nSPS) is 10.2. The maximum Gasteiger partial charge on any atom is 0.241 e. The van der Waals surface area contributed by atoms with Gasteiger partial charge in [-0.2, -0.15) is 0 Å². The van der Waals surface area contributed by atoms with Crippen LogP contribution in [0.3, 0.4) is 0 Å². The lowest BCUT2D eigenvalue weighted by Crippen LogP contribution is -2.37. The van der Waals surface area contributed by atoms with Gasteiger partial charge in [0.05, 0.1) is 6.54 Å². The molecule has 1 aromatic rings. The minimum atomic E-state index is 0.0150. The molecule has 0 unspecified atom stereocenters. The van der Waals surface area contributed by atoms with Crippen LogP contribution in [-0.4, -0.2) is 48.0 Å². The first-order valence-electron chi connectivity index (χ1n) is 5.93. The van der Waals surface area contributed by atoms with Gasteiger partial charge in [-0.05, 0) is 22.4 Å². The molecule has 0 aliphatic heterocycles. The Morgan fingerprint density at radius 2 is 2.16 bits per heavy atom. The minimum absolute atomic E-state index is 0.0150. The molecule has 0 saturated heterocycles. The summed E-state index contributed by atoms with van der Waals surface area (Å²) in [6.07, 6.45) is 2.32. The molecule has 0 radical (unpaired) electrons. The molecule has 1 rings (SSSR count). The maximum atomic E-state index is 11.9. The van der Waals surface area contributed by atoms with E-state index in [0.29, 0.717) is 16.1 Å². The maximum absolute atomic E-state index is 11.9. The third kappa shape index (κ3) is 4.03. The van der Waals surface area contributed by atoms with Crippen molar-refractivity contribution in [2.24, 2.45) is 5.84 Å². The van der Waals surface area contributed by atoms with Crippen molar-refractivity contribution in [2.45, 2.75) is 13.3 Å². The zero-order chi connectivity index (χ0) is 14.4. The fourth-order valence-corrected chi connectivity index (χ4v) is 2.09. The van der Waals surface area contributed by atoms with Crippen LogP contribution in [0.25, 0.3) is 0 Å². The van der Waals surface area contributed by atoms with E-state index in [1.54, 1.807) is 19.0 Å². The molecule has 0 saturated carbocycles. The van der Waals surface area contributed by atoms with Gasteiger partial charge in [0.2, 0.25) is 5.91 Å². The summed E-state index contributed by atoms with van der Waals surface area (Å²) in [5.41, 5.74) is 2.49. The zero-order valence-electron chi connectivity index (χ0n) is 11.4. The Kier molecular flexibility index (Phi) is 5.97. The van der Waals surface area contributed by atoms with E-state index >= 15 is 0 Å². The van der Waals surface area contributed by atoms with Crippen LogP contribution in [-0.2, 0) is 4.79 Å². The van der Waals surface area contributed by atoms with E-state index in [4.69, 9.17) is 5.84 Å². The number of halogens is 1. The first-order valence-corrected chi connectivity index (χ1v) is 6.72. The van der Waals surface area contributed by atoms with E-state index in [2.05, 4.69) is 31.3 Å². The molecule has 106 valence electrons. The number of carbonyl (C=O) groups excluding carboxylic acids is 1. The molecular formula is C11H19BrN6O. The summed E-state index contributed by atoms with van der Waals surface area (Å²) in [6, 6.07) is 0. The monoisotopic (exact) mass is 330 g/mol. The van der Waals surface area contributed by atoms with Crippen LogP contribution >= 0.6 is 15.9 Å². The average Bonchev–Trinajstić information content (AvgIpc) is 2.38. The first kappa shape index (κ1) is 15.6. The van der Waals surface area contributed by atoms with Gasteiger partial charge < -0.3 is 15.2 Å². The zero-order valence-corrected chi connectivity index (χ0v) is 12.9. The van der Waals surface area contributed by atoms with E-state index in [1.807, 2.05) is 11.8 Å². The second kappa shape index (κ2) is 7.25. The molecular weight excluding hydrogens is 312 g/mol. The molecule has 7 nitrogen and oxygen atoms in total. The smallest absolute Gasteiger partial charge is 0.241 e. The van der Waals surface area contributed by atoms with Crippen LogP contribution < -0.4 is 16.2 Å². The number of nitrogen functional groups attached to an aromatic ring is 1. The number of aromatic nitrogens is 2. The van der Waals surface area contributed by atoms with E-state index in [-0.39, 0.29) is 12.5 Å². The number of hydrogen-bond donors (Lipinski definition) is 2. The van der Waals surface area contributed by atoms with Crippen molar-refractivity contribution in [3.05, 3.63) is 10.8 Å². The first-order chi connectivity index (χ1) is 9.01. The molecule has 1 amide bonds. The van der Waals surface area contributed by atoms with E-state index in [0.717, 1.165) is 13.0 Å². The Hall–Kier alpha value is -1.41. The van der Waals surface area contributed by atoms with Crippen LogP contribution in [0, 0.1) is 0 Å². The third-order valence-electron chi connectivity index (χ3n) is 2.53. The summed E-state index contributed by atoms with van der Waals surface area (Å²) in [4.78, 5) is 23.5. The Morgan fingerprint density at radius 3 is 2.68 bits per heavy atom. The second-order valence-electron chi connectivity index (χ2n) is 4.21. The summed E-state index contributed by atoms with van der Waals surface area (Å²) in [5, 5.41) is 0. The van der Waals surface area contributed by atoms with Gasteiger partial charge >= 0.3 is 0 Å². The van der Waals surface area contributed by atoms with Gasteiger partial charge in [-0.15, -0.1) is 0 Å². The van der Waals surface area contributed by atoms with Crippen molar-refractivity contribution < 1.29 is 4.79 Å². The van der Waals surface area contributed by atoms with Crippen molar-refractivity contribution in [1.29, 1.82) is 0 Å². The summed E-state index contributed by atoms with van der Waals surface area (Å²) in [6.45, 7) is 3.03. The number of hydrazine groups is 1. The minimum Gasteiger partial charge on any atom is -0.347 e. The Bertz CT molecular complexity index is 439. The fraction of sp³-hybridized carbons (Fsp3) is 0.545. The lowest BCUT2D eigenvalue weighted by atomic mass is 10.3. The molecule has 0 aliphatic rings. The third-order valence-corrected chi connectivity index (χ3v) is 3.26. The van der Waals surface area contributed by atoms with Crippen molar-refractivity contribution in [3.63, 3.8) is 0 Å². The highest BCUT2D eigenvalue weighted by atomic mass is 79.9. The standard InChI is InChI=1S/C11H19BrN6O/c1-4-5-18(6-8(19)17(2)3)11-9(12)10(16-13)14-7-15-11/h7H,4-6,13H2,1-3H3,(H,14,15,16). The molecule has 0 aromatic carbocycles. The quantitative estimate of drug-likeness (QED) is 0.593. The number of amides is 1. The predicted molar refractivity (Wildman–Crippen MR) is 78.7 cm³/mol. The number of nitrogens with zero attached hydrogens (tertiary/aromatic N) is 4. The largest absolute Gasteiger partial charge is 0.347 e. The van der Waals surface area contributed by atoms with Crippen molar-refractivity contribution in [1.82, 2.24) is 14.9 Å². The molecule has 19 heavy (non-hydrogen) atoms. The fourth-order valence-electron chi connectivity index (χ4n) is 1.52. The molecule has 0 atom stereocenters. The van der Waals surface area contributed by atoms with Crippen molar-refractivity contribution in [2.75, 3.05) is 37.5 Å². The molecule has 0 fully saturated rings. The van der Waals surface area contributed by atoms with Crippen LogP contribution in [0.5, 0.6) is 0 Å². The van der Waals surface area contributed by atoms with Gasteiger partial charge in [0.15, 0.2) is 5.82 Å². The summed E-state index contributed by atoms with van der Waals surface area (Å²) < 4.78 is 0.650. The lowest BCUT2D eigenvalue weighted by Gasteiger charge is -2.25. The molecule has 1 heterocycles. The van der Waals surface area contributed by atoms with Gasteiger partial charge in [0, 0.05) is 20.6 Å². The van der Waals surface area contributed by atoms with Crippen molar-refractivity contribution >= 4 is 33.5 Å². The van der Waals surface area contributed by atoms with Gasteiger partial charge in [0.1, 0.15) is 16.6 Å². The topological polar surface area (TPSA) is 87.4 Å². The van der Waals surface area contributed by atoms with Gasteiger partial charge in [-0.25, -0.2) is 15.8 Å². The summed E-state index contributed by atoms with van der Waals surface area (Å²) >= 11 is 3.40. The van der Waals surface area contributed by atoms with Gasteiger partial charge in [0.25, 0.3) is 0 Å². The van der Waals surface area contributed by atoms with Gasteiger partial charge in [-0.3, -0.25) is 4.79 Å². The number of rotatable bonds is 6. The average molecular weight is 331 g/mol. The number of likely N-dealkylation sites (N-methyl/N-ethyl adjacent to an activating group) is 1. The summed E-state index contributed by atoms with van der Waals surface area (Å²) in [5.74, 6) is 6.54. The lowest BCUT2D eigenvalue weighted by molar-refractivity contribution is -0.127. The molecule has 3 N–H and O–H groups in total. The molecule has 0 aliphatic carbocycles.